The summed E-state index contributed by atoms with van der Waals surface area (Å²) >= 11 is 5.92. The lowest BCUT2D eigenvalue weighted by Crippen LogP contribution is -2.41. The maximum Gasteiger partial charge on any atom is 0.0708 e. The van der Waals surface area contributed by atoms with Crippen LogP contribution in [0.25, 0.3) is 10.9 Å². The maximum absolute atomic E-state index is 5.92. The molecule has 0 fully saturated rings. The van der Waals surface area contributed by atoms with Crippen LogP contribution in [-0.4, -0.2) is 16.4 Å². The molecule has 2 rings (SSSR count). The molecular weight excluding hydrogens is 268 g/mol. The molecule has 20 heavy (non-hydrogen) atoms. The van der Waals surface area contributed by atoms with Crippen LogP contribution in [0.1, 0.15) is 37.9 Å². The molecule has 0 amide bonds. The van der Waals surface area contributed by atoms with E-state index < -0.39 is 0 Å². The summed E-state index contributed by atoms with van der Waals surface area (Å²) in [6.07, 6.45) is 2.05. The topological polar surface area (TPSA) is 24.9 Å². The number of aromatic nitrogens is 1. The summed E-state index contributed by atoms with van der Waals surface area (Å²) in [5.74, 6) is 0.688. The van der Waals surface area contributed by atoms with Crippen molar-refractivity contribution in [2.45, 2.75) is 45.7 Å². The molecule has 0 bridgehead atoms. The Labute approximate surface area is 126 Å². The number of benzene rings is 1. The van der Waals surface area contributed by atoms with Crippen LogP contribution in [0.2, 0.25) is 0 Å². The number of pyridine rings is 1. The van der Waals surface area contributed by atoms with Gasteiger partial charge >= 0.3 is 0 Å². The van der Waals surface area contributed by atoms with Gasteiger partial charge in [0.2, 0.25) is 0 Å². The van der Waals surface area contributed by atoms with E-state index in [9.17, 15) is 0 Å². The summed E-state index contributed by atoms with van der Waals surface area (Å²) in [4.78, 5) is 4.59. The Bertz CT molecular complexity index is 582. The molecule has 0 spiro atoms. The first kappa shape index (κ1) is 15.3. The van der Waals surface area contributed by atoms with Crippen molar-refractivity contribution in [2.75, 3.05) is 5.88 Å². The second kappa shape index (κ2) is 6.55. The minimum Gasteiger partial charge on any atom is -0.307 e. The summed E-state index contributed by atoms with van der Waals surface area (Å²) in [5, 5.41) is 4.90. The first-order chi connectivity index (χ1) is 9.58. The molecule has 0 aliphatic carbocycles. The Hall–Kier alpha value is -1.12. The van der Waals surface area contributed by atoms with E-state index in [1.54, 1.807) is 0 Å². The van der Waals surface area contributed by atoms with Crippen molar-refractivity contribution in [3.8, 4) is 0 Å². The van der Waals surface area contributed by atoms with Gasteiger partial charge in [0.25, 0.3) is 0 Å². The zero-order valence-corrected chi connectivity index (χ0v) is 13.3. The van der Waals surface area contributed by atoms with E-state index in [-0.39, 0.29) is 5.54 Å². The third-order valence-electron chi connectivity index (χ3n) is 4.06. The predicted molar refractivity (Wildman–Crippen MR) is 87.4 cm³/mol. The SMILES string of the molecule is CCC(C)(CCCl)NCc1cc(C)nc2ccccc12. The van der Waals surface area contributed by atoms with Crippen molar-refractivity contribution in [3.63, 3.8) is 0 Å². The highest BCUT2D eigenvalue weighted by molar-refractivity contribution is 6.17. The molecule has 1 aromatic carbocycles. The second-order valence-corrected chi connectivity index (χ2v) is 6.02. The molecule has 0 aliphatic rings. The van der Waals surface area contributed by atoms with Crippen LogP contribution in [0.15, 0.2) is 30.3 Å². The van der Waals surface area contributed by atoms with Crippen molar-refractivity contribution in [1.29, 1.82) is 0 Å². The molecular formula is C17H23ClN2. The van der Waals surface area contributed by atoms with Gasteiger partial charge in [0.1, 0.15) is 0 Å². The highest BCUT2D eigenvalue weighted by Crippen LogP contribution is 2.21. The Morgan fingerprint density at radius 3 is 2.75 bits per heavy atom. The fourth-order valence-electron chi connectivity index (χ4n) is 2.45. The third-order valence-corrected chi connectivity index (χ3v) is 4.25. The van der Waals surface area contributed by atoms with Gasteiger partial charge in [0.05, 0.1) is 5.52 Å². The number of halogens is 1. The number of fused-ring (bicyclic) bond motifs is 1. The highest BCUT2D eigenvalue weighted by atomic mass is 35.5. The minimum atomic E-state index is 0.0973. The molecule has 2 nitrogen and oxygen atoms in total. The van der Waals surface area contributed by atoms with E-state index in [1.807, 2.05) is 13.0 Å². The van der Waals surface area contributed by atoms with Crippen molar-refractivity contribution in [1.82, 2.24) is 10.3 Å². The van der Waals surface area contributed by atoms with Gasteiger partial charge in [-0.1, -0.05) is 25.1 Å². The molecule has 1 unspecified atom stereocenters. The largest absolute Gasteiger partial charge is 0.307 e. The molecule has 0 aliphatic heterocycles. The molecule has 0 saturated heterocycles. The molecule has 1 atom stereocenters. The highest BCUT2D eigenvalue weighted by Gasteiger charge is 2.20. The maximum atomic E-state index is 5.92. The first-order valence-corrected chi connectivity index (χ1v) is 7.78. The fraction of sp³-hybridized carbons (Fsp3) is 0.471. The molecule has 1 N–H and O–H groups in total. The Morgan fingerprint density at radius 1 is 1.30 bits per heavy atom. The van der Waals surface area contributed by atoms with Gasteiger partial charge in [0, 0.05) is 29.0 Å². The number of nitrogens with zero attached hydrogens (tertiary/aromatic N) is 1. The predicted octanol–water partition coefficient (Wildman–Crippen LogP) is 4.43. The fourth-order valence-corrected chi connectivity index (χ4v) is 2.87. The van der Waals surface area contributed by atoms with Crippen LogP contribution < -0.4 is 5.32 Å². The standard InChI is InChI=1S/C17H23ClN2/c1-4-17(3,9-10-18)19-12-14-11-13(2)20-16-8-6-5-7-15(14)16/h5-8,11,19H,4,9-10,12H2,1-3H3. The lowest BCUT2D eigenvalue weighted by molar-refractivity contribution is 0.331. The smallest absolute Gasteiger partial charge is 0.0708 e. The molecule has 0 radical (unpaired) electrons. The Kier molecular flexibility index (Phi) is 5.00. The van der Waals surface area contributed by atoms with E-state index in [0.717, 1.165) is 30.6 Å². The molecule has 108 valence electrons. The van der Waals surface area contributed by atoms with Crippen LogP contribution >= 0.6 is 11.6 Å². The van der Waals surface area contributed by atoms with E-state index in [0.29, 0.717) is 5.88 Å². The number of hydrogen-bond acceptors (Lipinski definition) is 2. The van der Waals surface area contributed by atoms with Gasteiger partial charge in [0.15, 0.2) is 0 Å². The number of alkyl halides is 1. The van der Waals surface area contributed by atoms with Gasteiger partial charge < -0.3 is 5.32 Å². The molecule has 3 heteroatoms. The number of nitrogens with one attached hydrogen (secondary N) is 1. The van der Waals surface area contributed by atoms with Crippen molar-refractivity contribution in [3.05, 3.63) is 41.6 Å². The second-order valence-electron chi connectivity index (χ2n) is 5.65. The Morgan fingerprint density at radius 2 is 2.05 bits per heavy atom. The summed E-state index contributed by atoms with van der Waals surface area (Å²) in [7, 11) is 0. The van der Waals surface area contributed by atoms with E-state index >= 15 is 0 Å². The van der Waals surface area contributed by atoms with E-state index in [2.05, 4.69) is 48.4 Å². The Balaban J connectivity index is 2.25. The summed E-state index contributed by atoms with van der Waals surface area (Å²) in [6, 6.07) is 10.5. The summed E-state index contributed by atoms with van der Waals surface area (Å²) in [6.45, 7) is 7.35. The average Bonchev–Trinajstić information content (AvgIpc) is 2.45. The van der Waals surface area contributed by atoms with Crippen molar-refractivity contribution in [2.24, 2.45) is 0 Å². The lowest BCUT2D eigenvalue weighted by atomic mass is 9.95. The van der Waals surface area contributed by atoms with Crippen molar-refractivity contribution >= 4 is 22.5 Å². The number of rotatable bonds is 6. The molecule has 2 aromatic rings. The number of para-hydroxylation sites is 1. The average molecular weight is 291 g/mol. The third kappa shape index (κ3) is 3.50. The van der Waals surface area contributed by atoms with Gasteiger partial charge in [-0.05, 0) is 44.4 Å². The summed E-state index contributed by atoms with van der Waals surface area (Å²) in [5.41, 5.74) is 3.54. The van der Waals surface area contributed by atoms with Crippen LogP contribution in [0.3, 0.4) is 0 Å². The molecule has 1 heterocycles. The van der Waals surface area contributed by atoms with Crippen LogP contribution in [0, 0.1) is 6.92 Å². The van der Waals surface area contributed by atoms with Gasteiger partial charge in [-0.15, -0.1) is 11.6 Å². The van der Waals surface area contributed by atoms with Gasteiger partial charge in [-0.25, -0.2) is 0 Å². The van der Waals surface area contributed by atoms with Crippen LogP contribution in [-0.2, 0) is 6.54 Å². The quantitative estimate of drug-likeness (QED) is 0.796. The molecule has 0 saturated carbocycles. The monoisotopic (exact) mass is 290 g/mol. The van der Waals surface area contributed by atoms with E-state index in [4.69, 9.17) is 11.6 Å². The van der Waals surface area contributed by atoms with Gasteiger partial charge in [-0.3, -0.25) is 4.98 Å². The first-order valence-electron chi connectivity index (χ1n) is 7.24. The number of hydrogen-bond donors (Lipinski definition) is 1. The van der Waals surface area contributed by atoms with Crippen LogP contribution in [0.4, 0.5) is 0 Å². The minimum absolute atomic E-state index is 0.0973. The normalized spacial score (nSPS) is 14.4. The van der Waals surface area contributed by atoms with Gasteiger partial charge in [-0.2, -0.15) is 0 Å². The molecule has 1 aromatic heterocycles. The zero-order valence-electron chi connectivity index (χ0n) is 12.5. The number of aryl methyl sites for hydroxylation is 1. The zero-order chi connectivity index (χ0) is 14.6. The summed E-state index contributed by atoms with van der Waals surface area (Å²) < 4.78 is 0. The lowest BCUT2D eigenvalue weighted by Gasteiger charge is -2.29. The van der Waals surface area contributed by atoms with E-state index in [1.165, 1.54) is 10.9 Å². The van der Waals surface area contributed by atoms with Crippen LogP contribution in [0.5, 0.6) is 0 Å². The van der Waals surface area contributed by atoms with Crippen molar-refractivity contribution < 1.29 is 0 Å².